The van der Waals surface area contributed by atoms with Crippen LogP contribution in [-0.2, 0) is 27.2 Å². The molecule has 2 amide bonds. The Morgan fingerprint density at radius 2 is 1.71 bits per heavy atom. The first-order chi connectivity index (χ1) is 11.7. The van der Waals surface area contributed by atoms with Gasteiger partial charge in [0.05, 0.1) is 29.6 Å². The molecule has 4 atom stereocenters. The minimum atomic E-state index is -0.329. The van der Waals surface area contributed by atoms with E-state index in [9.17, 15) is 14.9 Å². The van der Waals surface area contributed by atoms with E-state index in [1.807, 2.05) is 0 Å². The third-order valence-corrected chi connectivity index (χ3v) is 7.28. The molecule has 1 aromatic rings. The molecule has 4 aliphatic rings. The highest BCUT2D eigenvalue weighted by molar-refractivity contribution is 7.17. The van der Waals surface area contributed by atoms with Crippen LogP contribution < -0.4 is 4.90 Å². The molecule has 0 unspecified atom stereocenters. The molecule has 0 spiro atoms. The number of fused-ring (bicyclic) bond motifs is 6. The van der Waals surface area contributed by atoms with Crippen molar-refractivity contribution in [3.63, 3.8) is 0 Å². The number of anilines is 1. The lowest BCUT2D eigenvalue weighted by molar-refractivity contribution is -0.124. The van der Waals surface area contributed by atoms with E-state index in [4.69, 9.17) is 4.74 Å². The fourth-order valence-electron chi connectivity index (χ4n) is 4.91. The van der Waals surface area contributed by atoms with Crippen LogP contribution in [0.2, 0.25) is 0 Å². The van der Waals surface area contributed by atoms with Crippen molar-refractivity contribution in [1.29, 1.82) is 5.26 Å². The van der Waals surface area contributed by atoms with Gasteiger partial charge in [-0.05, 0) is 44.1 Å². The number of aryl methyl sites for hydroxylation is 1. The summed E-state index contributed by atoms with van der Waals surface area (Å²) in [6.07, 6.45) is 6.71. The molecule has 3 aliphatic heterocycles. The van der Waals surface area contributed by atoms with Crippen molar-refractivity contribution < 1.29 is 14.3 Å². The van der Waals surface area contributed by atoms with Gasteiger partial charge in [-0.15, -0.1) is 11.3 Å². The summed E-state index contributed by atoms with van der Waals surface area (Å²) >= 11 is 1.49. The van der Waals surface area contributed by atoms with Gasteiger partial charge in [0.25, 0.3) is 0 Å². The molecule has 4 heterocycles. The molecule has 3 fully saturated rings. The second-order valence-electron chi connectivity index (χ2n) is 7.21. The first kappa shape index (κ1) is 14.6. The molecule has 1 aromatic heterocycles. The normalized spacial score (nSPS) is 34.2. The van der Waals surface area contributed by atoms with Crippen LogP contribution in [0.4, 0.5) is 5.00 Å². The highest BCUT2D eigenvalue weighted by Crippen LogP contribution is 2.51. The predicted octanol–water partition coefficient (Wildman–Crippen LogP) is 2.56. The third kappa shape index (κ3) is 1.77. The van der Waals surface area contributed by atoms with Crippen LogP contribution in [0.25, 0.3) is 0 Å². The topological polar surface area (TPSA) is 70.4 Å². The van der Waals surface area contributed by atoms with E-state index < -0.39 is 0 Å². The van der Waals surface area contributed by atoms with Gasteiger partial charge in [0.1, 0.15) is 11.1 Å². The van der Waals surface area contributed by atoms with Crippen molar-refractivity contribution in [1.82, 2.24) is 0 Å². The van der Waals surface area contributed by atoms with Gasteiger partial charge in [-0.1, -0.05) is 6.42 Å². The fraction of sp³-hybridized carbons (Fsp3) is 0.611. The lowest BCUT2D eigenvalue weighted by Crippen LogP contribution is -2.34. The number of carbonyl (C=O) groups is 2. The van der Waals surface area contributed by atoms with Crippen molar-refractivity contribution in [3.05, 3.63) is 16.0 Å². The number of ether oxygens (including phenoxy) is 1. The van der Waals surface area contributed by atoms with Gasteiger partial charge >= 0.3 is 0 Å². The number of nitrogens with zero attached hydrogens (tertiary/aromatic N) is 2. The Morgan fingerprint density at radius 1 is 1.04 bits per heavy atom. The standard InChI is InChI=1S/C18H18N2O3S/c19-8-10-9-4-2-1-3-5-13(9)24-18(10)20-16(21)14-11-6-7-12(23-11)15(14)17(20)22/h11-12,14-15H,1-7H2/t11-,12-,14-,15-/m1/s1. The van der Waals surface area contributed by atoms with E-state index >= 15 is 0 Å². The van der Waals surface area contributed by atoms with Gasteiger partial charge in [-0.2, -0.15) is 5.26 Å². The van der Waals surface area contributed by atoms with Crippen LogP contribution in [-0.4, -0.2) is 24.0 Å². The van der Waals surface area contributed by atoms with Crippen LogP contribution >= 0.6 is 11.3 Å². The molecule has 5 rings (SSSR count). The average molecular weight is 342 g/mol. The molecule has 0 N–H and O–H groups in total. The predicted molar refractivity (Wildman–Crippen MR) is 87.7 cm³/mol. The van der Waals surface area contributed by atoms with E-state index in [1.54, 1.807) is 0 Å². The molecule has 6 heteroatoms. The Hall–Kier alpha value is -1.71. The van der Waals surface area contributed by atoms with Gasteiger partial charge in [0, 0.05) is 4.88 Å². The van der Waals surface area contributed by atoms with E-state index in [-0.39, 0.29) is 35.9 Å². The number of rotatable bonds is 1. The van der Waals surface area contributed by atoms with Gasteiger partial charge in [-0.3, -0.25) is 9.59 Å². The van der Waals surface area contributed by atoms with Gasteiger partial charge in [-0.25, -0.2) is 4.90 Å². The van der Waals surface area contributed by atoms with Crippen LogP contribution in [0.15, 0.2) is 0 Å². The fourth-order valence-corrected chi connectivity index (χ4v) is 6.26. The molecule has 0 saturated carbocycles. The largest absolute Gasteiger partial charge is 0.373 e. The maximum atomic E-state index is 13.0. The zero-order valence-electron chi connectivity index (χ0n) is 13.3. The van der Waals surface area contributed by atoms with Crippen LogP contribution in [0.3, 0.4) is 0 Å². The summed E-state index contributed by atoms with van der Waals surface area (Å²) in [7, 11) is 0. The number of hydrogen-bond donors (Lipinski definition) is 0. The van der Waals surface area contributed by atoms with Crippen LogP contribution in [0.5, 0.6) is 0 Å². The minimum Gasteiger partial charge on any atom is -0.373 e. The number of hydrogen-bond acceptors (Lipinski definition) is 5. The molecular weight excluding hydrogens is 324 g/mol. The van der Waals surface area contributed by atoms with Crippen LogP contribution in [0, 0.1) is 23.2 Å². The third-order valence-electron chi connectivity index (χ3n) is 6.00. The molecule has 3 saturated heterocycles. The maximum absolute atomic E-state index is 13.0. The second-order valence-corrected chi connectivity index (χ2v) is 8.29. The molecule has 5 nitrogen and oxygen atoms in total. The lowest BCUT2D eigenvalue weighted by atomic mass is 9.81. The SMILES string of the molecule is N#Cc1c(N2C(=O)[C@H]3[C@H](C2=O)[C@H]2CC[C@H]3O2)sc2c1CCCCC2. The summed E-state index contributed by atoms with van der Waals surface area (Å²) in [6, 6.07) is 2.29. The Morgan fingerprint density at radius 3 is 2.38 bits per heavy atom. The summed E-state index contributed by atoms with van der Waals surface area (Å²) in [6.45, 7) is 0. The van der Waals surface area contributed by atoms with Crippen LogP contribution in [0.1, 0.15) is 48.1 Å². The molecule has 0 aromatic carbocycles. The van der Waals surface area contributed by atoms with Crippen molar-refractivity contribution >= 4 is 28.2 Å². The zero-order chi connectivity index (χ0) is 16.4. The minimum absolute atomic E-state index is 0.107. The first-order valence-electron chi connectivity index (χ1n) is 8.78. The van der Waals surface area contributed by atoms with Crippen molar-refractivity contribution in [2.24, 2.45) is 11.8 Å². The Bertz CT molecular complexity index is 765. The smallest absolute Gasteiger partial charge is 0.241 e. The molecule has 0 radical (unpaired) electrons. The molecule has 124 valence electrons. The molecule has 2 bridgehead atoms. The number of carbonyl (C=O) groups excluding carboxylic acids is 2. The van der Waals surface area contributed by atoms with Crippen molar-refractivity contribution in [3.8, 4) is 6.07 Å². The number of amides is 2. The highest BCUT2D eigenvalue weighted by Gasteiger charge is 2.63. The van der Waals surface area contributed by atoms with Crippen molar-refractivity contribution in [2.45, 2.75) is 57.2 Å². The summed E-state index contributed by atoms with van der Waals surface area (Å²) in [5.41, 5.74) is 1.64. The van der Waals surface area contributed by atoms with E-state index in [0.29, 0.717) is 10.6 Å². The molecule has 1 aliphatic carbocycles. The van der Waals surface area contributed by atoms with Gasteiger partial charge in [0.15, 0.2) is 0 Å². The highest BCUT2D eigenvalue weighted by atomic mass is 32.1. The van der Waals surface area contributed by atoms with Crippen molar-refractivity contribution in [2.75, 3.05) is 4.90 Å². The monoisotopic (exact) mass is 342 g/mol. The van der Waals surface area contributed by atoms with Gasteiger partial charge < -0.3 is 4.74 Å². The quantitative estimate of drug-likeness (QED) is 0.581. The van der Waals surface area contributed by atoms with Gasteiger partial charge in [0.2, 0.25) is 11.8 Å². The summed E-state index contributed by atoms with van der Waals surface area (Å²) in [5.74, 6) is -0.954. The van der Waals surface area contributed by atoms with E-state index in [1.165, 1.54) is 27.5 Å². The molecular formula is C18H18N2O3S. The molecule has 24 heavy (non-hydrogen) atoms. The zero-order valence-corrected chi connectivity index (χ0v) is 14.1. The number of imide groups is 1. The lowest BCUT2D eigenvalue weighted by Gasteiger charge is -2.16. The Labute approximate surface area is 144 Å². The Balaban J connectivity index is 1.59. The first-order valence-corrected chi connectivity index (χ1v) is 9.60. The second kappa shape index (κ2) is 5.14. The van der Waals surface area contributed by atoms with E-state index in [0.717, 1.165) is 44.1 Å². The Kier molecular flexibility index (Phi) is 3.13. The summed E-state index contributed by atoms with van der Waals surface area (Å²) < 4.78 is 5.79. The average Bonchev–Trinajstić information content (AvgIpc) is 3.28. The summed E-state index contributed by atoms with van der Waals surface area (Å²) in [4.78, 5) is 28.4. The maximum Gasteiger partial charge on any atom is 0.241 e. The number of nitriles is 1. The van der Waals surface area contributed by atoms with E-state index in [2.05, 4.69) is 6.07 Å². The summed E-state index contributed by atoms with van der Waals surface area (Å²) in [5, 5.41) is 10.3. The number of thiophene rings is 1.